The molecule has 0 aliphatic rings. The van der Waals surface area contributed by atoms with Gasteiger partial charge >= 0.3 is 5.69 Å². The third-order valence-corrected chi connectivity index (χ3v) is 3.25. The molecule has 0 saturated heterocycles. The molecule has 1 aromatic heterocycles. The molecule has 0 spiro atoms. The monoisotopic (exact) mass is 349 g/mol. The fraction of sp³-hybridized carbons (Fsp3) is 0.333. The zero-order valence-electron chi connectivity index (χ0n) is 14.0. The molecule has 25 heavy (non-hydrogen) atoms. The molecule has 4 N–H and O–H groups in total. The second-order valence-electron chi connectivity index (χ2n) is 5.61. The van der Waals surface area contributed by atoms with E-state index < -0.39 is 16.4 Å². The molecule has 0 saturated carbocycles. The maximum Gasteiger partial charge on any atom is 0.353 e. The Kier molecular flexibility index (Phi) is 6.01. The molecule has 0 radical (unpaired) electrons. The summed E-state index contributed by atoms with van der Waals surface area (Å²) in [6.45, 7) is 1.44. The van der Waals surface area contributed by atoms with Gasteiger partial charge in [-0.15, -0.1) is 0 Å². The molecule has 0 atom stereocenters. The number of anilines is 4. The zero-order chi connectivity index (χ0) is 18.4. The van der Waals surface area contributed by atoms with E-state index in [9.17, 15) is 14.5 Å². The summed E-state index contributed by atoms with van der Waals surface area (Å²) in [7, 11) is 3.92. The summed E-state index contributed by atoms with van der Waals surface area (Å²) in [4.78, 5) is 20.6. The van der Waals surface area contributed by atoms with Gasteiger partial charge in [-0.2, -0.15) is 9.97 Å². The molecule has 0 unspecified atom stereocenters. The average Bonchev–Trinajstić information content (AvgIpc) is 2.50. The van der Waals surface area contributed by atoms with E-state index in [2.05, 4.69) is 20.6 Å². The van der Waals surface area contributed by atoms with E-state index in [0.29, 0.717) is 12.2 Å². The van der Waals surface area contributed by atoms with Crippen molar-refractivity contribution in [2.75, 3.05) is 43.6 Å². The molecule has 0 aliphatic heterocycles. The molecular weight excluding hydrogens is 329 g/mol. The van der Waals surface area contributed by atoms with Gasteiger partial charge in [-0.25, -0.2) is 4.39 Å². The van der Waals surface area contributed by atoms with Crippen molar-refractivity contribution in [3.05, 3.63) is 40.2 Å². The van der Waals surface area contributed by atoms with Crippen molar-refractivity contribution in [1.82, 2.24) is 14.9 Å². The van der Waals surface area contributed by atoms with Gasteiger partial charge in [0.25, 0.3) is 0 Å². The third-order valence-electron chi connectivity index (χ3n) is 3.25. The highest BCUT2D eigenvalue weighted by atomic mass is 19.1. The number of nitrogen functional groups attached to an aromatic ring is 1. The summed E-state index contributed by atoms with van der Waals surface area (Å²) in [6.07, 6.45) is 0.833. The van der Waals surface area contributed by atoms with Gasteiger partial charge in [0.05, 0.1) is 4.92 Å². The molecule has 0 fully saturated rings. The minimum atomic E-state index is -0.674. The second-order valence-corrected chi connectivity index (χ2v) is 5.61. The lowest BCUT2D eigenvalue weighted by molar-refractivity contribution is -0.383. The lowest BCUT2D eigenvalue weighted by Crippen LogP contribution is -2.17. The van der Waals surface area contributed by atoms with Crippen molar-refractivity contribution >= 4 is 29.0 Å². The predicted octanol–water partition coefficient (Wildman–Crippen LogP) is 2.21. The van der Waals surface area contributed by atoms with Crippen LogP contribution in [-0.4, -0.2) is 47.0 Å². The van der Waals surface area contributed by atoms with Crippen LogP contribution >= 0.6 is 0 Å². The molecule has 2 aromatic rings. The van der Waals surface area contributed by atoms with E-state index in [4.69, 9.17) is 5.73 Å². The lowest BCUT2D eigenvalue weighted by Gasteiger charge is -2.12. The van der Waals surface area contributed by atoms with E-state index in [0.717, 1.165) is 13.0 Å². The Bertz CT molecular complexity index is 755. The van der Waals surface area contributed by atoms with Crippen LogP contribution in [0, 0.1) is 15.9 Å². The number of nitrogens with zero attached hydrogens (tertiary/aromatic N) is 4. The Hall–Kier alpha value is -3.01. The van der Waals surface area contributed by atoms with Gasteiger partial charge in [0, 0.05) is 12.2 Å². The van der Waals surface area contributed by atoms with Crippen LogP contribution in [0.4, 0.5) is 33.3 Å². The van der Waals surface area contributed by atoms with Crippen molar-refractivity contribution < 1.29 is 9.31 Å². The number of nitrogens with two attached hydrogens (primary N) is 1. The highest BCUT2D eigenvalue weighted by Crippen LogP contribution is 2.31. The first-order chi connectivity index (χ1) is 11.9. The molecule has 2 rings (SSSR count). The van der Waals surface area contributed by atoms with E-state index >= 15 is 0 Å². The van der Waals surface area contributed by atoms with Crippen LogP contribution in [0.1, 0.15) is 6.42 Å². The molecule has 1 aromatic carbocycles. The number of aromatic nitrogens is 2. The summed E-state index contributed by atoms with van der Waals surface area (Å²) < 4.78 is 13.3. The molecule has 0 aliphatic carbocycles. The van der Waals surface area contributed by atoms with Gasteiger partial charge in [-0.1, -0.05) is 6.07 Å². The highest BCUT2D eigenvalue weighted by molar-refractivity contribution is 5.74. The van der Waals surface area contributed by atoms with Crippen LogP contribution in [0.15, 0.2) is 24.3 Å². The second kappa shape index (κ2) is 8.20. The third kappa shape index (κ3) is 5.24. The van der Waals surface area contributed by atoms with Gasteiger partial charge < -0.3 is 21.3 Å². The number of nitrogens with one attached hydrogen (secondary N) is 2. The van der Waals surface area contributed by atoms with Gasteiger partial charge in [0.2, 0.25) is 17.6 Å². The van der Waals surface area contributed by atoms with Gasteiger partial charge in [-0.05, 0) is 45.3 Å². The average molecular weight is 349 g/mol. The normalized spacial score (nSPS) is 10.7. The van der Waals surface area contributed by atoms with Crippen LogP contribution in [-0.2, 0) is 0 Å². The van der Waals surface area contributed by atoms with Crippen LogP contribution < -0.4 is 16.4 Å². The molecule has 10 heteroatoms. The van der Waals surface area contributed by atoms with Crippen LogP contribution in [0.2, 0.25) is 0 Å². The number of benzene rings is 1. The first-order valence-electron chi connectivity index (χ1n) is 7.60. The van der Waals surface area contributed by atoms with E-state index in [1.165, 1.54) is 18.2 Å². The maximum absolute atomic E-state index is 13.3. The molecular formula is C15H20FN7O2. The molecule has 9 nitrogen and oxygen atoms in total. The zero-order valence-corrected chi connectivity index (χ0v) is 14.0. The Morgan fingerprint density at radius 2 is 2.12 bits per heavy atom. The predicted molar refractivity (Wildman–Crippen MR) is 94.4 cm³/mol. The van der Waals surface area contributed by atoms with Crippen molar-refractivity contribution in [2.24, 2.45) is 0 Å². The summed E-state index contributed by atoms with van der Waals surface area (Å²) in [5.74, 6) is -0.676. The SMILES string of the molecule is CN(C)CCCNc1nc(N)c([N+](=O)[O-])c(Nc2cccc(F)c2)n1. The topological polar surface area (TPSA) is 122 Å². The lowest BCUT2D eigenvalue weighted by atomic mass is 10.3. The van der Waals surface area contributed by atoms with E-state index in [-0.39, 0.29) is 17.6 Å². The van der Waals surface area contributed by atoms with Crippen molar-refractivity contribution in [1.29, 1.82) is 0 Å². The summed E-state index contributed by atoms with van der Waals surface area (Å²) in [5.41, 5.74) is 5.57. The first-order valence-corrected chi connectivity index (χ1v) is 7.60. The van der Waals surface area contributed by atoms with Crippen LogP contribution in [0.25, 0.3) is 0 Å². The molecule has 1 heterocycles. The quantitative estimate of drug-likeness (QED) is 0.377. The Morgan fingerprint density at radius 1 is 1.36 bits per heavy atom. The molecule has 134 valence electrons. The largest absolute Gasteiger partial charge is 0.378 e. The summed E-state index contributed by atoms with van der Waals surface area (Å²) >= 11 is 0. The van der Waals surface area contributed by atoms with Crippen molar-refractivity contribution in [2.45, 2.75) is 6.42 Å². The molecule has 0 amide bonds. The smallest absolute Gasteiger partial charge is 0.353 e. The number of rotatable bonds is 8. The Morgan fingerprint density at radius 3 is 2.76 bits per heavy atom. The van der Waals surface area contributed by atoms with Gasteiger partial charge in [0.1, 0.15) is 5.82 Å². The Labute approximate surface area is 144 Å². The number of nitro groups is 1. The van der Waals surface area contributed by atoms with Crippen LogP contribution in [0.3, 0.4) is 0 Å². The van der Waals surface area contributed by atoms with E-state index in [1.54, 1.807) is 6.07 Å². The van der Waals surface area contributed by atoms with Gasteiger partial charge in [-0.3, -0.25) is 10.1 Å². The summed E-state index contributed by atoms with van der Waals surface area (Å²) in [5, 5.41) is 17.0. The highest BCUT2D eigenvalue weighted by Gasteiger charge is 2.23. The standard InChI is InChI=1S/C15H20FN7O2/c1-22(2)8-4-7-18-15-20-13(17)12(23(24)25)14(21-15)19-11-6-3-5-10(16)9-11/h3,5-6,9H,4,7-8H2,1-2H3,(H4,17,18,19,20,21). The van der Waals surface area contributed by atoms with Gasteiger partial charge in [0.15, 0.2) is 0 Å². The van der Waals surface area contributed by atoms with Crippen LogP contribution in [0.5, 0.6) is 0 Å². The number of hydrogen-bond acceptors (Lipinski definition) is 8. The Balaban J connectivity index is 2.23. The number of hydrogen-bond donors (Lipinski definition) is 3. The number of halogens is 1. The first kappa shape index (κ1) is 18.3. The fourth-order valence-electron chi connectivity index (χ4n) is 2.12. The fourth-order valence-corrected chi connectivity index (χ4v) is 2.12. The van der Waals surface area contributed by atoms with E-state index in [1.807, 2.05) is 19.0 Å². The summed E-state index contributed by atoms with van der Waals surface area (Å²) in [6, 6.07) is 5.52. The maximum atomic E-state index is 13.3. The minimum absolute atomic E-state index is 0.0989. The molecule has 0 bridgehead atoms. The minimum Gasteiger partial charge on any atom is -0.378 e. The van der Waals surface area contributed by atoms with Crippen molar-refractivity contribution in [3.63, 3.8) is 0 Å². The van der Waals surface area contributed by atoms with Crippen molar-refractivity contribution in [3.8, 4) is 0 Å².